The molecule has 0 spiro atoms. The van der Waals surface area contributed by atoms with Crippen LogP contribution >= 0.6 is 11.8 Å². The molecule has 3 aromatic rings. The van der Waals surface area contributed by atoms with Crippen molar-refractivity contribution in [1.82, 2.24) is 19.9 Å². The molecule has 0 bridgehead atoms. The predicted octanol–water partition coefficient (Wildman–Crippen LogP) is 5.02. The summed E-state index contributed by atoms with van der Waals surface area (Å²) in [5, 5.41) is 16.2. The standard InChI is InChI=1S/C24H30N6S/c1-2-18(12-20(3-1)31-19-6-7-19)28-23-13-22(26-14-16-8-10-25-11-9-16)29-24-21(17-4-5-17)15-27-30(23)24/h1-3,12-13,15-17,19,25,28H,4-11,14H2,(H,26,29). The van der Waals surface area contributed by atoms with E-state index in [9.17, 15) is 0 Å². The summed E-state index contributed by atoms with van der Waals surface area (Å²) in [4.78, 5) is 6.31. The van der Waals surface area contributed by atoms with E-state index in [4.69, 9.17) is 10.1 Å². The van der Waals surface area contributed by atoms with Crippen LogP contribution in [-0.4, -0.2) is 39.5 Å². The van der Waals surface area contributed by atoms with E-state index >= 15 is 0 Å². The fraction of sp³-hybridized carbons (Fsp3) is 0.500. The highest BCUT2D eigenvalue weighted by molar-refractivity contribution is 8.00. The molecule has 7 heteroatoms. The number of hydrogen-bond acceptors (Lipinski definition) is 6. The molecule has 6 rings (SSSR count). The summed E-state index contributed by atoms with van der Waals surface area (Å²) in [6.45, 7) is 3.22. The van der Waals surface area contributed by atoms with Gasteiger partial charge in [-0.05, 0) is 81.6 Å². The first kappa shape index (κ1) is 19.4. The molecule has 2 aliphatic carbocycles. The van der Waals surface area contributed by atoms with Crippen molar-refractivity contribution in [3.05, 3.63) is 42.1 Å². The first-order valence-corrected chi connectivity index (χ1v) is 12.6. The SMILES string of the molecule is c1cc(Nc2cc(NCC3CCNCC3)nc3c(C4CC4)cnn23)cc(SC2CC2)c1. The lowest BCUT2D eigenvalue weighted by Crippen LogP contribution is -2.31. The molecule has 6 nitrogen and oxygen atoms in total. The van der Waals surface area contributed by atoms with Gasteiger partial charge in [-0.25, -0.2) is 4.98 Å². The number of hydrogen-bond donors (Lipinski definition) is 3. The van der Waals surface area contributed by atoms with Crippen molar-refractivity contribution in [2.45, 2.75) is 54.6 Å². The van der Waals surface area contributed by atoms with Gasteiger partial charge in [0, 0.05) is 34.0 Å². The van der Waals surface area contributed by atoms with Crippen LogP contribution in [0.25, 0.3) is 5.65 Å². The van der Waals surface area contributed by atoms with Gasteiger partial charge < -0.3 is 16.0 Å². The van der Waals surface area contributed by atoms with Crippen molar-refractivity contribution in [2.24, 2.45) is 5.92 Å². The summed E-state index contributed by atoms with van der Waals surface area (Å²) in [6.07, 6.45) is 9.66. The molecule has 31 heavy (non-hydrogen) atoms. The van der Waals surface area contributed by atoms with Gasteiger partial charge in [0.25, 0.3) is 0 Å². The van der Waals surface area contributed by atoms with Crippen molar-refractivity contribution < 1.29 is 0 Å². The summed E-state index contributed by atoms with van der Waals surface area (Å²) >= 11 is 1.99. The van der Waals surface area contributed by atoms with Gasteiger partial charge in [-0.3, -0.25) is 0 Å². The van der Waals surface area contributed by atoms with Gasteiger partial charge in [-0.15, -0.1) is 11.8 Å². The first-order chi connectivity index (χ1) is 15.3. The second-order valence-corrected chi connectivity index (χ2v) is 10.6. The van der Waals surface area contributed by atoms with Gasteiger partial charge in [-0.2, -0.15) is 9.61 Å². The largest absolute Gasteiger partial charge is 0.370 e. The summed E-state index contributed by atoms with van der Waals surface area (Å²) in [5.74, 6) is 3.24. The molecule has 0 unspecified atom stereocenters. The number of aromatic nitrogens is 3. The molecule has 3 heterocycles. The van der Waals surface area contributed by atoms with Crippen molar-refractivity contribution in [1.29, 1.82) is 0 Å². The third-order valence-electron chi connectivity index (χ3n) is 6.48. The van der Waals surface area contributed by atoms with E-state index in [1.807, 2.05) is 22.5 Å². The van der Waals surface area contributed by atoms with E-state index in [0.717, 1.165) is 47.9 Å². The van der Waals surface area contributed by atoms with Crippen molar-refractivity contribution in [2.75, 3.05) is 30.3 Å². The highest BCUT2D eigenvalue weighted by Crippen LogP contribution is 2.42. The summed E-state index contributed by atoms with van der Waals surface area (Å²) < 4.78 is 1.98. The lowest BCUT2D eigenvalue weighted by Gasteiger charge is -2.23. The number of thioether (sulfide) groups is 1. The van der Waals surface area contributed by atoms with Crippen LogP contribution in [0.1, 0.15) is 50.0 Å². The average Bonchev–Trinajstić information content (AvgIpc) is 3.73. The van der Waals surface area contributed by atoms with E-state index in [1.54, 1.807) is 0 Å². The number of benzene rings is 1. The fourth-order valence-electron chi connectivity index (χ4n) is 4.35. The van der Waals surface area contributed by atoms with Crippen LogP contribution in [0.15, 0.2) is 41.4 Å². The molecular formula is C24H30N6S. The highest BCUT2D eigenvalue weighted by Gasteiger charge is 2.28. The number of piperidine rings is 1. The van der Waals surface area contributed by atoms with Crippen LogP contribution in [0, 0.1) is 5.92 Å². The molecule has 3 N–H and O–H groups in total. The number of nitrogens with one attached hydrogen (secondary N) is 3. The Morgan fingerprint density at radius 3 is 2.74 bits per heavy atom. The third kappa shape index (κ3) is 4.53. The Kier molecular flexibility index (Phi) is 5.24. The minimum atomic E-state index is 0.621. The first-order valence-electron chi connectivity index (χ1n) is 11.7. The highest BCUT2D eigenvalue weighted by atomic mass is 32.2. The molecule has 0 amide bonds. The molecule has 2 saturated carbocycles. The monoisotopic (exact) mass is 434 g/mol. The van der Waals surface area contributed by atoms with Gasteiger partial charge in [-0.1, -0.05) is 6.07 Å². The molecule has 3 aliphatic rings. The van der Waals surface area contributed by atoms with E-state index in [0.29, 0.717) is 11.8 Å². The number of nitrogens with zero attached hydrogens (tertiary/aromatic N) is 3. The van der Waals surface area contributed by atoms with Gasteiger partial charge in [0.1, 0.15) is 11.6 Å². The van der Waals surface area contributed by atoms with E-state index < -0.39 is 0 Å². The molecule has 3 fully saturated rings. The van der Waals surface area contributed by atoms with Crippen LogP contribution in [0.3, 0.4) is 0 Å². The van der Waals surface area contributed by atoms with Crippen molar-refractivity contribution in [3.63, 3.8) is 0 Å². The van der Waals surface area contributed by atoms with Gasteiger partial charge >= 0.3 is 0 Å². The molecule has 162 valence electrons. The minimum absolute atomic E-state index is 0.621. The molecular weight excluding hydrogens is 404 g/mol. The maximum atomic E-state index is 4.98. The van der Waals surface area contributed by atoms with Gasteiger partial charge in [0.2, 0.25) is 0 Å². The number of rotatable bonds is 8. The minimum Gasteiger partial charge on any atom is -0.370 e. The van der Waals surface area contributed by atoms with Crippen molar-refractivity contribution in [3.8, 4) is 0 Å². The smallest absolute Gasteiger partial charge is 0.163 e. The third-order valence-corrected chi connectivity index (χ3v) is 7.81. The maximum Gasteiger partial charge on any atom is 0.163 e. The van der Waals surface area contributed by atoms with Crippen LogP contribution in [0.2, 0.25) is 0 Å². The molecule has 1 aromatic carbocycles. The van der Waals surface area contributed by atoms with Gasteiger partial charge in [0.05, 0.1) is 6.20 Å². The second kappa shape index (κ2) is 8.36. The zero-order valence-electron chi connectivity index (χ0n) is 17.8. The van der Waals surface area contributed by atoms with Gasteiger partial charge in [0.15, 0.2) is 5.65 Å². The molecule has 2 aromatic heterocycles. The van der Waals surface area contributed by atoms with Crippen LogP contribution in [-0.2, 0) is 0 Å². The topological polar surface area (TPSA) is 66.3 Å². The Morgan fingerprint density at radius 2 is 1.94 bits per heavy atom. The summed E-state index contributed by atoms with van der Waals surface area (Å²) in [6, 6.07) is 10.8. The Labute approximate surface area is 187 Å². The zero-order chi connectivity index (χ0) is 20.6. The quantitative estimate of drug-likeness (QED) is 0.463. The fourth-order valence-corrected chi connectivity index (χ4v) is 5.46. The average molecular weight is 435 g/mol. The normalized spacial score (nSPS) is 19.6. The van der Waals surface area contributed by atoms with Crippen molar-refractivity contribution >= 4 is 34.7 Å². The van der Waals surface area contributed by atoms with Crippen LogP contribution in [0.4, 0.5) is 17.3 Å². The number of anilines is 3. The van der Waals surface area contributed by atoms with Crippen LogP contribution < -0.4 is 16.0 Å². The Balaban J connectivity index is 1.28. The van der Waals surface area contributed by atoms with Crippen LogP contribution in [0.5, 0.6) is 0 Å². The maximum absolute atomic E-state index is 4.98. The van der Waals surface area contributed by atoms with E-state index in [1.165, 1.54) is 49.0 Å². The van der Waals surface area contributed by atoms with E-state index in [-0.39, 0.29) is 0 Å². The summed E-state index contributed by atoms with van der Waals surface area (Å²) in [5.41, 5.74) is 3.38. The Bertz CT molecular complexity index is 1070. The summed E-state index contributed by atoms with van der Waals surface area (Å²) in [7, 11) is 0. The predicted molar refractivity (Wildman–Crippen MR) is 128 cm³/mol. The molecule has 1 aliphatic heterocycles. The second-order valence-electron chi connectivity index (χ2n) is 9.18. The molecule has 0 radical (unpaired) electrons. The number of fused-ring (bicyclic) bond motifs is 1. The lowest BCUT2D eigenvalue weighted by atomic mass is 9.98. The van der Waals surface area contributed by atoms with E-state index in [2.05, 4.69) is 46.3 Å². The Morgan fingerprint density at radius 1 is 1.06 bits per heavy atom. The molecule has 1 saturated heterocycles. The zero-order valence-corrected chi connectivity index (χ0v) is 18.6. The lowest BCUT2D eigenvalue weighted by molar-refractivity contribution is 0.389. The molecule has 0 atom stereocenters. The Hall–Kier alpha value is -2.25.